The molecule has 2 rings (SSSR count). The Labute approximate surface area is 115 Å². The Kier molecular flexibility index (Phi) is 4.52. The molecule has 0 aliphatic carbocycles. The Morgan fingerprint density at radius 1 is 1.50 bits per heavy atom. The van der Waals surface area contributed by atoms with Crippen molar-refractivity contribution in [2.45, 2.75) is 25.8 Å². The minimum absolute atomic E-state index is 0.0369. The third-order valence-electron chi connectivity index (χ3n) is 2.88. The molecule has 0 fully saturated rings. The van der Waals surface area contributed by atoms with Gasteiger partial charge >= 0.3 is 0 Å². The molecule has 0 aliphatic heterocycles. The molecule has 0 spiro atoms. The van der Waals surface area contributed by atoms with Crippen molar-refractivity contribution in [3.05, 3.63) is 52.1 Å². The number of hydrogen-bond donors (Lipinski definition) is 2. The van der Waals surface area contributed by atoms with Crippen LogP contribution in [0.15, 0.2) is 39.7 Å². The molecule has 3 N–H and O–H groups in total. The number of pyridine rings is 1. The first-order valence-corrected chi connectivity index (χ1v) is 6.65. The van der Waals surface area contributed by atoms with E-state index in [0.717, 1.165) is 34.2 Å². The Bertz CT molecular complexity index is 512. The van der Waals surface area contributed by atoms with Gasteiger partial charge in [0.05, 0.1) is 12.3 Å². The Hall–Kier alpha value is -1.17. The SMILES string of the molecule is CCc1occc1C(Cc1cncc(Br)c1)NN. The number of nitrogens with one attached hydrogen (secondary N) is 1. The highest BCUT2D eigenvalue weighted by molar-refractivity contribution is 9.10. The number of aromatic nitrogens is 1. The zero-order valence-corrected chi connectivity index (χ0v) is 11.8. The van der Waals surface area contributed by atoms with E-state index in [-0.39, 0.29) is 6.04 Å². The topological polar surface area (TPSA) is 64.1 Å². The van der Waals surface area contributed by atoms with E-state index in [0.29, 0.717) is 0 Å². The smallest absolute Gasteiger partial charge is 0.108 e. The fraction of sp³-hybridized carbons (Fsp3) is 0.308. The summed E-state index contributed by atoms with van der Waals surface area (Å²) >= 11 is 3.42. The lowest BCUT2D eigenvalue weighted by Crippen LogP contribution is -2.30. The molecule has 0 aromatic carbocycles. The summed E-state index contributed by atoms with van der Waals surface area (Å²) in [5.41, 5.74) is 5.08. The average Bonchev–Trinajstić information content (AvgIpc) is 2.84. The molecule has 2 heterocycles. The van der Waals surface area contributed by atoms with Gasteiger partial charge in [-0.1, -0.05) is 6.92 Å². The molecule has 0 saturated heterocycles. The van der Waals surface area contributed by atoms with Crippen LogP contribution in [0.25, 0.3) is 0 Å². The first kappa shape index (κ1) is 13.3. The van der Waals surface area contributed by atoms with Crippen LogP contribution in [0.2, 0.25) is 0 Å². The molecule has 96 valence electrons. The highest BCUT2D eigenvalue weighted by Crippen LogP contribution is 2.23. The van der Waals surface area contributed by atoms with E-state index in [4.69, 9.17) is 10.3 Å². The highest BCUT2D eigenvalue weighted by Gasteiger charge is 2.16. The summed E-state index contributed by atoms with van der Waals surface area (Å²) in [6, 6.07) is 4.05. The number of nitrogens with zero attached hydrogens (tertiary/aromatic N) is 1. The van der Waals surface area contributed by atoms with E-state index in [9.17, 15) is 0 Å². The van der Waals surface area contributed by atoms with Crippen molar-refractivity contribution in [3.8, 4) is 0 Å². The van der Waals surface area contributed by atoms with Crippen LogP contribution in [0.1, 0.15) is 29.9 Å². The molecule has 2 aromatic rings. The van der Waals surface area contributed by atoms with Crippen LogP contribution in [0.5, 0.6) is 0 Å². The lowest BCUT2D eigenvalue weighted by atomic mass is 10.00. The number of rotatable bonds is 5. The first-order valence-electron chi connectivity index (χ1n) is 5.86. The standard InChI is InChI=1S/C13H16BrN3O/c1-2-13-11(3-4-18-13)12(17-15)6-9-5-10(14)8-16-7-9/h3-5,7-8,12,17H,2,6,15H2,1H3. The summed E-state index contributed by atoms with van der Waals surface area (Å²) in [5.74, 6) is 6.62. The first-order chi connectivity index (χ1) is 8.74. The molecule has 0 saturated carbocycles. The fourth-order valence-corrected chi connectivity index (χ4v) is 2.42. The van der Waals surface area contributed by atoms with Crippen LogP contribution in [0.3, 0.4) is 0 Å². The van der Waals surface area contributed by atoms with Crippen molar-refractivity contribution in [1.29, 1.82) is 0 Å². The van der Waals surface area contributed by atoms with E-state index in [1.165, 1.54) is 0 Å². The Balaban J connectivity index is 2.20. The Morgan fingerprint density at radius 3 is 3.00 bits per heavy atom. The van der Waals surface area contributed by atoms with Gasteiger partial charge in [0.1, 0.15) is 5.76 Å². The monoisotopic (exact) mass is 309 g/mol. The zero-order valence-electron chi connectivity index (χ0n) is 10.2. The number of aryl methyl sites for hydroxylation is 1. The zero-order chi connectivity index (χ0) is 13.0. The normalized spacial score (nSPS) is 12.6. The van der Waals surface area contributed by atoms with Gasteiger partial charge in [0.15, 0.2) is 0 Å². The lowest BCUT2D eigenvalue weighted by Gasteiger charge is -2.15. The summed E-state index contributed by atoms with van der Waals surface area (Å²) < 4.78 is 6.41. The van der Waals surface area contributed by atoms with Gasteiger partial charge in [0.25, 0.3) is 0 Å². The highest BCUT2D eigenvalue weighted by atomic mass is 79.9. The minimum Gasteiger partial charge on any atom is -0.469 e. The van der Waals surface area contributed by atoms with Crippen LogP contribution in [-0.2, 0) is 12.8 Å². The van der Waals surface area contributed by atoms with E-state index in [1.807, 2.05) is 18.3 Å². The summed E-state index contributed by atoms with van der Waals surface area (Å²) in [6.07, 6.45) is 6.95. The lowest BCUT2D eigenvalue weighted by molar-refractivity contribution is 0.487. The summed E-state index contributed by atoms with van der Waals surface area (Å²) in [4.78, 5) is 4.16. The second kappa shape index (κ2) is 6.13. The van der Waals surface area contributed by atoms with Crippen molar-refractivity contribution in [3.63, 3.8) is 0 Å². The molecule has 0 bridgehead atoms. The second-order valence-electron chi connectivity index (χ2n) is 4.09. The molecule has 18 heavy (non-hydrogen) atoms. The van der Waals surface area contributed by atoms with Crippen LogP contribution < -0.4 is 11.3 Å². The van der Waals surface area contributed by atoms with Gasteiger partial charge in [-0.2, -0.15) is 0 Å². The van der Waals surface area contributed by atoms with Gasteiger partial charge in [0.2, 0.25) is 0 Å². The summed E-state index contributed by atoms with van der Waals surface area (Å²) in [7, 11) is 0. The molecule has 0 radical (unpaired) electrons. The number of nitrogens with two attached hydrogens (primary N) is 1. The largest absolute Gasteiger partial charge is 0.469 e. The molecular weight excluding hydrogens is 294 g/mol. The molecule has 4 nitrogen and oxygen atoms in total. The summed E-state index contributed by atoms with van der Waals surface area (Å²) in [6.45, 7) is 2.07. The molecule has 2 aromatic heterocycles. The van der Waals surface area contributed by atoms with Crippen molar-refractivity contribution < 1.29 is 4.42 Å². The van der Waals surface area contributed by atoms with Crippen molar-refractivity contribution in [1.82, 2.24) is 10.4 Å². The number of furan rings is 1. The van der Waals surface area contributed by atoms with Gasteiger partial charge in [-0.25, -0.2) is 0 Å². The van der Waals surface area contributed by atoms with Crippen LogP contribution in [-0.4, -0.2) is 4.98 Å². The number of hydrazine groups is 1. The molecule has 1 atom stereocenters. The van der Waals surface area contributed by atoms with Crippen molar-refractivity contribution in [2.24, 2.45) is 5.84 Å². The number of halogens is 1. The third-order valence-corrected chi connectivity index (χ3v) is 3.31. The van der Waals surface area contributed by atoms with Gasteiger partial charge in [-0.05, 0) is 40.0 Å². The minimum atomic E-state index is 0.0369. The third kappa shape index (κ3) is 2.98. The van der Waals surface area contributed by atoms with Crippen LogP contribution in [0, 0.1) is 0 Å². The Morgan fingerprint density at radius 2 is 2.33 bits per heavy atom. The molecule has 5 heteroatoms. The van der Waals surface area contributed by atoms with Gasteiger partial charge in [-0.15, -0.1) is 0 Å². The van der Waals surface area contributed by atoms with Crippen LogP contribution >= 0.6 is 15.9 Å². The second-order valence-corrected chi connectivity index (χ2v) is 5.00. The molecule has 1 unspecified atom stereocenters. The van der Waals surface area contributed by atoms with Crippen LogP contribution in [0.4, 0.5) is 0 Å². The molecule has 0 aliphatic rings. The van der Waals surface area contributed by atoms with E-state index in [2.05, 4.69) is 33.3 Å². The maximum absolute atomic E-state index is 5.65. The summed E-state index contributed by atoms with van der Waals surface area (Å²) in [5, 5.41) is 0. The molecular formula is C13H16BrN3O. The van der Waals surface area contributed by atoms with Gasteiger partial charge < -0.3 is 4.42 Å². The van der Waals surface area contributed by atoms with Crippen molar-refractivity contribution in [2.75, 3.05) is 0 Å². The van der Waals surface area contributed by atoms with E-state index < -0.39 is 0 Å². The van der Waals surface area contributed by atoms with Gasteiger partial charge in [-0.3, -0.25) is 16.3 Å². The van der Waals surface area contributed by atoms with E-state index in [1.54, 1.807) is 12.5 Å². The van der Waals surface area contributed by atoms with E-state index >= 15 is 0 Å². The maximum atomic E-state index is 5.65. The number of hydrogen-bond acceptors (Lipinski definition) is 4. The van der Waals surface area contributed by atoms with Gasteiger partial charge in [0, 0.05) is 28.9 Å². The average molecular weight is 310 g/mol. The predicted octanol–water partition coefficient (Wildman–Crippen LogP) is 2.75. The molecule has 0 amide bonds. The van der Waals surface area contributed by atoms with Crippen molar-refractivity contribution >= 4 is 15.9 Å². The quantitative estimate of drug-likeness (QED) is 0.658. The maximum Gasteiger partial charge on any atom is 0.108 e. The fourth-order valence-electron chi connectivity index (χ4n) is 2.01. The predicted molar refractivity (Wildman–Crippen MR) is 73.8 cm³/mol.